The molecule has 2 aromatic carbocycles. The maximum absolute atomic E-state index is 14.0. The summed E-state index contributed by atoms with van der Waals surface area (Å²) in [7, 11) is 0. The number of hydrogen-bond donors (Lipinski definition) is 1. The minimum Gasteiger partial charge on any atom is -0.388 e. The highest BCUT2D eigenvalue weighted by Crippen LogP contribution is 2.28. The summed E-state index contributed by atoms with van der Waals surface area (Å²) in [5, 5.41) is 21.0. The molecule has 0 aliphatic heterocycles. The standard InChI is InChI=1S/C16H16FNO3/c1-11(16(19)12-6-3-2-4-7-12)10-13-8-5-9-14(15(13)17)18(20)21/h2-9,11,16,19H,10H2,1H3. The van der Waals surface area contributed by atoms with Crippen LogP contribution in [0.4, 0.5) is 10.1 Å². The van der Waals surface area contributed by atoms with Crippen LogP contribution in [0.1, 0.15) is 24.2 Å². The molecule has 0 aliphatic carbocycles. The highest BCUT2D eigenvalue weighted by molar-refractivity contribution is 5.37. The Morgan fingerprint density at radius 2 is 1.86 bits per heavy atom. The number of nitro groups is 1. The topological polar surface area (TPSA) is 63.4 Å². The summed E-state index contributed by atoms with van der Waals surface area (Å²) in [6, 6.07) is 13.2. The number of benzene rings is 2. The number of nitro benzene ring substituents is 1. The first kappa shape index (κ1) is 15.1. The lowest BCUT2D eigenvalue weighted by molar-refractivity contribution is -0.387. The minimum absolute atomic E-state index is 0.226. The monoisotopic (exact) mass is 289 g/mol. The van der Waals surface area contributed by atoms with Crippen molar-refractivity contribution < 1.29 is 14.4 Å². The van der Waals surface area contributed by atoms with Crippen molar-refractivity contribution in [2.24, 2.45) is 5.92 Å². The SMILES string of the molecule is CC(Cc1cccc([N+](=O)[O-])c1F)C(O)c1ccccc1. The fourth-order valence-electron chi connectivity index (χ4n) is 2.30. The molecule has 110 valence electrons. The van der Waals surface area contributed by atoms with Crippen molar-refractivity contribution in [3.63, 3.8) is 0 Å². The van der Waals surface area contributed by atoms with Crippen LogP contribution in [0.25, 0.3) is 0 Å². The van der Waals surface area contributed by atoms with E-state index >= 15 is 0 Å². The van der Waals surface area contributed by atoms with Crippen LogP contribution in [0, 0.1) is 21.8 Å². The first-order valence-electron chi connectivity index (χ1n) is 6.65. The maximum atomic E-state index is 14.0. The highest BCUT2D eigenvalue weighted by Gasteiger charge is 2.22. The van der Waals surface area contributed by atoms with Gasteiger partial charge in [0.1, 0.15) is 0 Å². The summed E-state index contributed by atoms with van der Waals surface area (Å²) in [4.78, 5) is 9.99. The first-order valence-corrected chi connectivity index (χ1v) is 6.65. The third kappa shape index (κ3) is 3.44. The highest BCUT2D eigenvalue weighted by atomic mass is 19.1. The molecule has 2 rings (SSSR count). The third-order valence-electron chi connectivity index (χ3n) is 3.48. The van der Waals surface area contributed by atoms with E-state index in [0.29, 0.717) is 0 Å². The van der Waals surface area contributed by atoms with Crippen LogP contribution in [0.3, 0.4) is 0 Å². The van der Waals surface area contributed by atoms with Crippen LogP contribution in [0.15, 0.2) is 48.5 Å². The van der Waals surface area contributed by atoms with Gasteiger partial charge in [-0.3, -0.25) is 10.1 Å². The summed E-state index contributed by atoms with van der Waals surface area (Å²) in [6.07, 6.45) is -0.520. The zero-order valence-electron chi connectivity index (χ0n) is 11.6. The van der Waals surface area contributed by atoms with E-state index in [0.717, 1.165) is 11.6 Å². The van der Waals surface area contributed by atoms with Crippen LogP contribution < -0.4 is 0 Å². The van der Waals surface area contributed by atoms with Crippen LogP contribution in [-0.4, -0.2) is 10.0 Å². The van der Waals surface area contributed by atoms with Gasteiger partial charge in [-0.1, -0.05) is 49.4 Å². The van der Waals surface area contributed by atoms with Gasteiger partial charge in [0.25, 0.3) is 0 Å². The second-order valence-electron chi connectivity index (χ2n) is 5.04. The van der Waals surface area contributed by atoms with E-state index in [9.17, 15) is 19.6 Å². The fraction of sp³-hybridized carbons (Fsp3) is 0.250. The molecule has 0 saturated carbocycles. The van der Waals surface area contributed by atoms with Gasteiger partial charge >= 0.3 is 5.69 Å². The molecule has 2 unspecified atom stereocenters. The summed E-state index contributed by atoms with van der Waals surface area (Å²) >= 11 is 0. The van der Waals surface area contributed by atoms with Gasteiger partial charge in [0.15, 0.2) is 0 Å². The summed E-state index contributed by atoms with van der Waals surface area (Å²) < 4.78 is 14.0. The lowest BCUT2D eigenvalue weighted by Crippen LogP contribution is -2.13. The van der Waals surface area contributed by atoms with Crippen LogP contribution in [0.5, 0.6) is 0 Å². The van der Waals surface area contributed by atoms with Gasteiger partial charge in [0, 0.05) is 6.07 Å². The molecule has 1 N–H and O–H groups in total. The Kier molecular flexibility index (Phi) is 4.65. The normalized spacial score (nSPS) is 13.7. The van der Waals surface area contributed by atoms with E-state index in [2.05, 4.69) is 0 Å². The van der Waals surface area contributed by atoms with Gasteiger partial charge in [-0.15, -0.1) is 0 Å². The molecular weight excluding hydrogens is 273 g/mol. The fourth-order valence-corrected chi connectivity index (χ4v) is 2.30. The number of aliphatic hydroxyl groups is 1. The zero-order valence-corrected chi connectivity index (χ0v) is 11.6. The lowest BCUT2D eigenvalue weighted by Gasteiger charge is -2.19. The Morgan fingerprint density at radius 3 is 2.48 bits per heavy atom. The zero-order chi connectivity index (χ0) is 15.4. The predicted molar refractivity (Wildman–Crippen MR) is 77.3 cm³/mol. The first-order chi connectivity index (χ1) is 10.0. The minimum atomic E-state index is -0.824. The average molecular weight is 289 g/mol. The summed E-state index contributed by atoms with van der Waals surface area (Å²) in [6.45, 7) is 1.79. The quantitative estimate of drug-likeness (QED) is 0.675. The molecule has 0 fully saturated rings. The second-order valence-corrected chi connectivity index (χ2v) is 5.04. The van der Waals surface area contributed by atoms with E-state index in [1.54, 1.807) is 19.1 Å². The molecular formula is C16H16FNO3. The maximum Gasteiger partial charge on any atom is 0.305 e. The van der Waals surface area contributed by atoms with Gasteiger partial charge in [-0.25, -0.2) is 0 Å². The summed E-state index contributed by atoms with van der Waals surface area (Å²) in [5.74, 6) is -1.08. The third-order valence-corrected chi connectivity index (χ3v) is 3.48. The van der Waals surface area contributed by atoms with Crippen molar-refractivity contribution >= 4 is 5.69 Å². The molecule has 0 aromatic heterocycles. The molecule has 0 spiro atoms. The predicted octanol–water partition coefficient (Wildman–Crippen LogP) is 3.65. The van der Waals surface area contributed by atoms with Crippen LogP contribution in [-0.2, 0) is 6.42 Å². The van der Waals surface area contributed by atoms with E-state index in [1.165, 1.54) is 12.1 Å². The Bertz CT molecular complexity index is 631. The van der Waals surface area contributed by atoms with Crippen molar-refractivity contribution in [2.75, 3.05) is 0 Å². The van der Waals surface area contributed by atoms with E-state index in [4.69, 9.17) is 0 Å². The van der Waals surface area contributed by atoms with Gasteiger partial charge in [-0.05, 0) is 23.5 Å². The van der Waals surface area contributed by atoms with Gasteiger partial charge < -0.3 is 5.11 Å². The van der Waals surface area contributed by atoms with Crippen LogP contribution >= 0.6 is 0 Å². The largest absolute Gasteiger partial charge is 0.388 e. The second kappa shape index (κ2) is 6.45. The molecule has 0 radical (unpaired) electrons. The molecule has 0 aliphatic rings. The van der Waals surface area contributed by atoms with E-state index < -0.39 is 22.5 Å². The van der Waals surface area contributed by atoms with Gasteiger partial charge in [0.2, 0.25) is 5.82 Å². The Labute approximate surface area is 122 Å². The number of nitrogens with zero attached hydrogens (tertiary/aromatic N) is 1. The number of hydrogen-bond acceptors (Lipinski definition) is 3. The van der Waals surface area contributed by atoms with Crippen molar-refractivity contribution in [3.05, 3.63) is 75.6 Å². The van der Waals surface area contributed by atoms with E-state index in [-0.39, 0.29) is 17.9 Å². The van der Waals surface area contributed by atoms with Crippen molar-refractivity contribution in [2.45, 2.75) is 19.4 Å². The average Bonchev–Trinajstić information content (AvgIpc) is 2.49. The molecule has 4 nitrogen and oxygen atoms in total. The molecule has 2 aromatic rings. The molecule has 0 bridgehead atoms. The van der Waals surface area contributed by atoms with E-state index in [1.807, 2.05) is 18.2 Å². The molecule has 0 amide bonds. The van der Waals surface area contributed by atoms with Crippen molar-refractivity contribution in [3.8, 4) is 0 Å². The lowest BCUT2D eigenvalue weighted by atomic mass is 9.91. The smallest absolute Gasteiger partial charge is 0.305 e. The number of halogens is 1. The van der Waals surface area contributed by atoms with Crippen molar-refractivity contribution in [1.29, 1.82) is 0 Å². The Balaban J connectivity index is 2.18. The Morgan fingerprint density at radius 1 is 1.19 bits per heavy atom. The van der Waals surface area contributed by atoms with Gasteiger partial charge in [-0.2, -0.15) is 4.39 Å². The molecule has 0 heterocycles. The van der Waals surface area contributed by atoms with Crippen LogP contribution in [0.2, 0.25) is 0 Å². The molecule has 0 saturated heterocycles. The number of rotatable bonds is 5. The van der Waals surface area contributed by atoms with Gasteiger partial charge in [0.05, 0.1) is 11.0 Å². The van der Waals surface area contributed by atoms with Crippen molar-refractivity contribution in [1.82, 2.24) is 0 Å². The molecule has 2 atom stereocenters. The molecule has 21 heavy (non-hydrogen) atoms. The summed E-state index contributed by atoms with van der Waals surface area (Å²) in [5.41, 5.74) is 0.455. The molecule has 5 heteroatoms. The Hall–Kier alpha value is -2.27. The number of aliphatic hydroxyl groups excluding tert-OH is 1.